The Morgan fingerprint density at radius 1 is 1.17 bits per heavy atom. The quantitative estimate of drug-likeness (QED) is 0.300. The highest BCUT2D eigenvalue weighted by Crippen LogP contribution is 2.10. The van der Waals surface area contributed by atoms with Crippen molar-refractivity contribution in [1.82, 2.24) is 0 Å². The number of hydrogen-bond acceptors (Lipinski definition) is 2. The van der Waals surface area contributed by atoms with Crippen LogP contribution in [0.5, 0.6) is 0 Å². The molecule has 0 bridgehead atoms. The van der Waals surface area contributed by atoms with Crippen LogP contribution in [-0.4, -0.2) is 12.1 Å². The number of hydrogen-bond donors (Lipinski definition) is 0. The highest BCUT2D eigenvalue weighted by atomic mass is 16.5. The van der Waals surface area contributed by atoms with Gasteiger partial charge >= 0.3 is 5.97 Å². The van der Waals surface area contributed by atoms with E-state index >= 15 is 0 Å². The summed E-state index contributed by atoms with van der Waals surface area (Å²) < 4.78 is 5.08. The Bertz CT molecular complexity index is 243. The van der Waals surface area contributed by atoms with E-state index in [1.54, 1.807) is 0 Å². The summed E-state index contributed by atoms with van der Waals surface area (Å²) in [7, 11) is 0. The zero-order valence-electron chi connectivity index (χ0n) is 12.0. The van der Waals surface area contributed by atoms with E-state index in [0.29, 0.717) is 0 Å². The topological polar surface area (TPSA) is 26.3 Å². The van der Waals surface area contributed by atoms with E-state index in [2.05, 4.69) is 18.7 Å². The van der Waals surface area contributed by atoms with E-state index < -0.39 is 0 Å². The van der Waals surface area contributed by atoms with Gasteiger partial charge in [0.25, 0.3) is 0 Å². The smallest absolute Gasteiger partial charge is 0.302 e. The lowest BCUT2D eigenvalue weighted by atomic mass is 10.1. The number of rotatable bonds is 11. The maximum absolute atomic E-state index is 10.7. The lowest BCUT2D eigenvalue weighted by Gasteiger charge is -2.10. The minimum absolute atomic E-state index is 0.0735. The largest absolute Gasteiger partial charge is 0.463 e. The normalized spacial score (nSPS) is 12.6. The molecule has 1 unspecified atom stereocenters. The van der Waals surface area contributed by atoms with Gasteiger partial charge in [0.05, 0.1) is 6.10 Å². The third-order valence-electron chi connectivity index (χ3n) is 2.82. The first-order valence-electron chi connectivity index (χ1n) is 7.10. The maximum atomic E-state index is 10.7. The van der Waals surface area contributed by atoms with Crippen LogP contribution in [0.25, 0.3) is 0 Å². The van der Waals surface area contributed by atoms with Crippen LogP contribution < -0.4 is 0 Å². The highest BCUT2D eigenvalue weighted by molar-refractivity contribution is 5.66. The molecule has 0 aliphatic heterocycles. The Morgan fingerprint density at radius 2 is 1.83 bits per heavy atom. The molecule has 2 nitrogen and oxygen atoms in total. The van der Waals surface area contributed by atoms with E-state index in [4.69, 9.17) is 4.74 Å². The molecule has 1 atom stereocenters. The molecule has 0 aromatic heterocycles. The van der Waals surface area contributed by atoms with E-state index in [0.717, 1.165) is 19.3 Å². The van der Waals surface area contributed by atoms with Gasteiger partial charge in [0.2, 0.25) is 0 Å². The van der Waals surface area contributed by atoms with Gasteiger partial charge in [-0.1, -0.05) is 37.5 Å². The van der Waals surface area contributed by atoms with Gasteiger partial charge in [-0.15, -0.1) is 6.58 Å². The Hall–Kier alpha value is -1.05. The Labute approximate surface area is 112 Å². The van der Waals surface area contributed by atoms with Gasteiger partial charge in [-0.3, -0.25) is 4.79 Å². The summed E-state index contributed by atoms with van der Waals surface area (Å²) in [5, 5.41) is 0. The molecule has 0 aromatic rings. The van der Waals surface area contributed by atoms with Crippen molar-refractivity contribution in [3.63, 3.8) is 0 Å². The molecule has 104 valence electrons. The zero-order valence-corrected chi connectivity index (χ0v) is 12.0. The van der Waals surface area contributed by atoms with Crippen molar-refractivity contribution in [3.8, 4) is 0 Å². The van der Waals surface area contributed by atoms with Gasteiger partial charge < -0.3 is 4.74 Å². The first-order chi connectivity index (χ1) is 8.66. The second-order valence-corrected chi connectivity index (χ2v) is 4.76. The maximum Gasteiger partial charge on any atom is 0.302 e. The van der Waals surface area contributed by atoms with Crippen LogP contribution in [0, 0.1) is 0 Å². The van der Waals surface area contributed by atoms with Gasteiger partial charge in [0.15, 0.2) is 0 Å². The number of esters is 1. The van der Waals surface area contributed by atoms with E-state index in [9.17, 15) is 4.79 Å². The lowest BCUT2D eigenvalue weighted by Crippen LogP contribution is -2.11. The van der Waals surface area contributed by atoms with E-state index in [-0.39, 0.29) is 12.1 Å². The number of unbranched alkanes of at least 4 members (excludes halogenated alkanes) is 5. The lowest BCUT2D eigenvalue weighted by molar-refractivity contribution is -0.145. The van der Waals surface area contributed by atoms with Gasteiger partial charge in [-0.25, -0.2) is 0 Å². The average Bonchev–Trinajstić information content (AvgIpc) is 2.30. The van der Waals surface area contributed by atoms with E-state index in [1.807, 2.05) is 13.0 Å². The molecule has 0 radical (unpaired) electrons. The number of ether oxygens (including phenoxy) is 1. The van der Waals surface area contributed by atoms with Crippen molar-refractivity contribution in [2.24, 2.45) is 0 Å². The molecular weight excluding hydrogens is 224 g/mol. The van der Waals surface area contributed by atoms with Crippen LogP contribution in [-0.2, 0) is 9.53 Å². The molecule has 2 heteroatoms. The first-order valence-corrected chi connectivity index (χ1v) is 7.10. The van der Waals surface area contributed by atoms with E-state index in [1.165, 1.54) is 39.0 Å². The predicted octanol–water partition coefficient (Wildman–Crippen LogP) is 4.80. The highest BCUT2D eigenvalue weighted by Gasteiger charge is 2.04. The average molecular weight is 252 g/mol. The van der Waals surface area contributed by atoms with Gasteiger partial charge in [0, 0.05) is 6.92 Å². The summed E-state index contributed by atoms with van der Waals surface area (Å²) in [4.78, 5) is 10.7. The van der Waals surface area contributed by atoms with Crippen LogP contribution in [0.1, 0.15) is 65.2 Å². The van der Waals surface area contributed by atoms with Crippen molar-refractivity contribution in [2.75, 3.05) is 0 Å². The van der Waals surface area contributed by atoms with Crippen LogP contribution >= 0.6 is 0 Å². The first kappa shape index (κ1) is 16.9. The number of carbonyl (C=O) groups is 1. The molecule has 0 aliphatic carbocycles. The SMILES string of the molecule is C=CC/C=C\CCCCCCCC(C)OC(C)=O. The monoisotopic (exact) mass is 252 g/mol. The Balaban J connectivity index is 3.20. The molecule has 0 N–H and O–H groups in total. The summed E-state index contributed by atoms with van der Waals surface area (Å²) in [6, 6.07) is 0. The standard InChI is InChI=1S/C16H28O2/c1-4-5-6-7-8-9-10-11-12-13-14-15(2)18-16(3)17/h4,6-7,15H,1,5,8-14H2,2-3H3/b7-6-. The molecule has 0 saturated carbocycles. The molecule has 18 heavy (non-hydrogen) atoms. The summed E-state index contributed by atoms with van der Waals surface area (Å²) >= 11 is 0. The summed E-state index contributed by atoms with van der Waals surface area (Å²) in [6.07, 6.45) is 15.8. The molecular formula is C16H28O2. The third kappa shape index (κ3) is 13.0. The van der Waals surface area contributed by atoms with Crippen molar-refractivity contribution in [2.45, 2.75) is 71.3 Å². The fourth-order valence-electron chi connectivity index (χ4n) is 1.88. The summed E-state index contributed by atoms with van der Waals surface area (Å²) in [5.41, 5.74) is 0. The Morgan fingerprint density at radius 3 is 2.50 bits per heavy atom. The number of carbonyl (C=O) groups excluding carboxylic acids is 1. The van der Waals surface area contributed by atoms with Crippen molar-refractivity contribution >= 4 is 5.97 Å². The van der Waals surface area contributed by atoms with Crippen LogP contribution in [0.15, 0.2) is 24.8 Å². The fraction of sp³-hybridized carbons (Fsp3) is 0.688. The molecule has 0 rings (SSSR count). The van der Waals surface area contributed by atoms with Crippen molar-refractivity contribution in [1.29, 1.82) is 0 Å². The fourth-order valence-corrected chi connectivity index (χ4v) is 1.88. The van der Waals surface area contributed by atoms with Gasteiger partial charge in [-0.2, -0.15) is 0 Å². The van der Waals surface area contributed by atoms with Gasteiger partial charge in [-0.05, 0) is 39.0 Å². The molecule has 0 fully saturated rings. The van der Waals surface area contributed by atoms with Gasteiger partial charge in [0.1, 0.15) is 0 Å². The Kier molecular flexibility index (Phi) is 11.7. The zero-order chi connectivity index (χ0) is 13.6. The van der Waals surface area contributed by atoms with Crippen molar-refractivity contribution in [3.05, 3.63) is 24.8 Å². The van der Waals surface area contributed by atoms with Crippen molar-refractivity contribution < 1.29 is 9.53 Å². The van der Waals surface area contributed by atoms with Crippen LogP contribution in [0.2, 0.25) is 0 Å². The minimum Gasteiger partial charge on any atom is -0.463 e. The van der Waals surface area contributed by atoms with Crippen LogP contribution in [0.3, 0.4) is 0 Å². The predicted molar refractivity (Wildman–Crippen MR) is 77.5 cm³/mol. The summed E-state index contributed by atoms with van der Waals surface area (Å²) in [5.74, 6) is -0.172. The second-order valence-electron chi connectivity index (χ2n) is 4.76. The molecule has 0 heterocycles. The second kappa shape index (κ2) is 12.4. The van der Waals surface area contributed by atoms with Crippen LogP contribution in [0.4, 0.5) is 0 Å². The molecule has 0 spiro atoms. The summed E-state index contributed by atoms with van der Waals surface area (Å²) in [6.45, 7) is 7.11. The molecule has 0 saturated heterocycles. The minimum atomic E-state index is -0.172. The molecule has 0 amide bonds. The molecule has 0 aromatic carbocycles. The molecule has 0 aliphatic rings. The number of allylic oxidation sites excluding steroid dienone is 3. The third-order valence-corrected chi connectivity index (χ3v) is 2.82.